The number of anilines is 4. The zero-order valence-electron chi connectivity index (χ0n) is 25.9. The lowest BCUT2D eigenvalue weighted by atomic mass is 10.1. The molecule has 0 spiro atoms. The fourth-order valence-electron chi connectivity index (χ4n) is 5.46. The van der Waals surface area contributed by atoms with Crippen molar-refractivity contribution in [3.8, 4) is 11.4 Å². The third kappa shape index (κ3) is 7.70. The fourth-order valence-corrected chi connectivity index (χ4v) is 6.75. The molecule has 0 aliphatic carbocycles. The Morgan fingerprint density at radius 3 is 2.47 bits per heavy atom. The number of carbonyl (C=O) groups excluding carboxylic acids is 2. The van der Waals surface area contributed by atoms with Crippen LogP contribution in [0.15, 0.2) is 103 Å². The smallest absolute Gasteiger partial charge is 0.255 e. The lowest BCUT2D eigenvalue weighted by Gasteiger charge is -2.21. The molecule has 0 unspecified atom stereocenters. The van der Waals surface area contributed by atoms with Gasteiger partial charge in [-0.15, -0.1) is 0 Å². The van der Waals surface area contributed by atoms with Crippen LogP contribution in [0.3, 0.4) is 0 Å². The van der Waals surface area contributed by atoms with Crippen LogP contribution < -0.4 is 20.7 Å². The molecular weight excluding hydrogens is 628 g/mol. The van der Waals surface area contributed by atoms with E-state index in [2.05, 4.69) is 24.9 Å². The average molecular weight is 663 g/mol. The molecule has 0 bridgehead atoms. The van der Waals surface area contributed by atoms with Gasteiger partial charge in [0.25, 0.3) is 5.91 Å². The number of carbonyl (C=O) groups is 2. The van der Waals surface area contributed by atoms with Crippen molar-refractivity contribution >= 4 is 79.9 Å². The molecular formula is C37H35ClN6O2S. The van der Waals surface area contributed by atoms with Crippen LogP contribution in [0.2, 0.25) is 5.02 Å². The molecule has 1 aromatic heterocycles. The zero-order chi connectivity index (χ0) is 32.8. The molecule has 47 heavy (non-hydrogen) atoms. The van der Waals surface area contributed by atoms with E-state index >= 15 is 0 Å². The first-order chi connectivity index (χ1) is 22.9. The van der Waals surface area contributed by atoms with Gasteiger partial charge >= 0.3 is 0 Å². The number of nitrogens with two attached hydrogens (primary N) is 1. The van der Waals surface area contributed by atoms with Crippen LogP contribution in [-0.2, 0) is 4.79 Å². The van der Waals surface area contributed by atoms with E-state index in [1.807, 2.05) is 103 Å². The summed E-state index contributed by atoms with van der Waals surface area (Å²) in [5.74, 6) is 1.58. The average Bonchev–Trinajstić information content (AvgIpc) is 3.32. The van der Waals surface area contributed by atoms with Crippen molar-refractivity contribution in [2.24, 2.45) is 0 Å². The summed E-state index contributed by atoms with van der Waals surface area (Å²) in [6, 6.07) is 32.4. The van der Waals surface area contributed by atoms with Crippen molar-refractivity contribution in [3.05, 3.63) is 114 Å². The van der Waals surface area contributed by atoms with Gasteiger partial charge in [0.05, 0.1) is 16.1 Å². The summed E-state index contributed by atoms with van der Waals surface area (Å²) >= 11 is 8.30. The van der Waals surface area contributed by atoms with Crippen molar-refractivity contribution in [2.45, 2.75) is 26.2 Å². The minimum absolute atomic E-state index is 0.0788. The number of aromatic nitrogens is 2. The van der Waals surface area contributed by atoms with Gasteiger partial charge in [-0.3, -0.25) is 9.59 Å². The van der Waals surface area contributed by atoms with Gasteiger partial charge in [-0.2, -0.15) is 0 Å². The molecule has 10 heteroatoms. The zero-order valence-corrected chi connectivity index (χ0v) is 27.5. The Labute approximate surface area is 282 Å². The molecule has 8 nitrogen and oxygen atoms in total. The molecule has 2 amide bonds. The first kappa shape index (κ1) is 32.0. The fraction of sp³-hybridized carbons (Fsp3) is 0.162. The summed E-state index contributed by atoms with van der Waals surface area (Å²) < 4.78 is 2.33. The summed E-state index contributed by atoms with van der Waals surface area (Å²) in [7, 11) is 0. The number of amides is 2. The summed E-state index contributed by atoms with van der Waals surface area (Å²) in [5.41, 5.74) is 12.4. The van der Waals surface area contributed by atoms with E-state index in [4.69, 9.17) is 17.3 Å². The molecule has 5 aromatic carbocycles. The number of nitrogens with one attached hydrogen (secondary N) is 3. The number of H-pyrrole nitrogens is 1. The third-order valence-electron chi connectivity index (χ3n) is 7.81. The van der Waals surface area contributed by atoms with Crippen molar-refractivity contribution in [3.63, 3.8) is 0 Å². The van der Waals surface area contributed by atoms with E-state index in [1.165, 1.54) is 26.2 Å². The maximum absolute atomic E-state index is 12.8. The van der Waals surface area contributed by atoms with Crippen LogP contribution in [0.25, 0.3) is 33.2 Å². The van der Waals surface area contributed by atoms with Crippen LogP contribution >= 0.6 is 23.5 Å². The Kier molecular flexibility index (Phi) is 9.94. The predicted molar refractivity (Wildman–Crippen MR) is 197 cm³/mol. The van der Waals surface area contributed by atoms with Gasteiger partial charge in [0.15, 0.2) is 0 Å². The molecule has 0 radical (unpaired) electrons. The van der Waals surface area contributed by atoms with E-state index in [-0.39, 0.29) is 11.8 Å². The number of para-hydroxylation sites is 2. The highest BCUT2D eigenvalue weighted by Crippen LogP contribution is 2.31. The van der Waals surface area contributed by atoms with Gasteiger partial charge in [-0.05, 0) is 91.5 Å². The largest absolute Gasteiger partial charge is 0.398 e. The van der Waals surface area contributed by atoms with Crippen molar-refractivity contribution < 1.29 is 9.59 Å². The Hall–Kier alpha value is -4.99. The lowest BCUT2D eigenvalue weighted by Crippen LogP contribution is -2.15. The monoisotopic (exact) mass is 662 g/mol. The van der Waals surface area contributed by atoms with E-state index in [9.17, 15) is 9.59 Å². The topological polar surface area (TPSA) is 116 Å². The number of halogens is 1. The highest BCUT2D eigenvalue weighted by Gasteiger charge is 2.14. The first-order valence-electron chi connectivity index (χ1n) is 15.5. The van der Waals surface area contributed by atoms with Crippen molar-refractivity contribution in [1.29, 1.82) is 0 Å². The SMILES string of the molecule is CC(=O)Nc1cccc2c(N)cccc12.O=C(Nc1ccc(Cl)c(-c2nc3ccccc3[nH]2)c1)c1ccc(N2CCCCCS2)cc1. The molecule has 7 rings (SSSR count). The maximum atomic E-state index is 12.8. The minimum Gasteiger partial charge on any atom is -0.398 e. The minimum atomic E-state index is -0.155. The maximum Gasteiger partial charge on any atom is 0.255 e. The molecule has 5 N–H and O–H groups in total. The predicted octanol–water partition coefficient (Wildman–Crippen LogP) is 9.15. The number of hydrogen-bond acceptors (Lipinski definition) is 6. The van der Waals surface area contributed by atoms with Crippen LogP contribution in [0.5, 0.6) is 0 Å². The molecule has 1 aliphatic heterocycles. The Bertz CT molecular complexity index is 2000. The van der Waals surface area contributed by atoms with Crippen LogP contribution in [0, 0.1) is 0 Å². The number of fused-ring (bicyclic) bond motifs is 2. The molecule has 1 aliphatic rings. The van der Waals surface area contributed by atoms with Crippen LogP contribution in [-0.4, -0.2) is 34.1 Å². The molecule has 1 fully saturated rings. The summed E-state index contributed by atoms with van der Waals surface area (Å²) in [6.45, 7) is 2.54. The molecule has 0 atom stereocenters. The van der Waals surface area contributed by atoms with E-state index in [0.717, 1.165) is 56.7 Å². The number of aromatic amines is 1. The lowest BCUT2D eigenvalue weighted by molar-refractivity contribution is -0.114. The third-order valence-corrected chi connectivity index (χ3v) is 9.31. The van der Waals surface area contributed by atoms with E-state index < -0.39 is 0 Å². The van der Waals surface area contributed by atoms with Crippen molar-refractivity contribution in [2.75, 3.05) is 33.0 Å². The Balaban J connectivity index is 0.000000215. The summed E-state index contributed by atoms with van der Waals surface area (Å²) in [5, 5.41) is 8.26. The van der Waals surface area contributed by atoms with Crippen LogP contribution in [0.4, 0.5) is 22.7 Å². The Morgan fingerprint density at radius 2 is 1.66 bits per heavy atom. The normalized spacial score (nSPS) is 13.0. The van der Waals surface area contributed by atoms with E-state index in [0.29, 0.717) is 22.1 Å². The standard InChI is InChI=1S/C25H23ClN4OS.C12H12N2O/c26-21-13-10-18(16-20(21)24-28-22-6-2-3-7-23(22)29-24)27-25(31)17-8-11-19(12-9-17)30-14-4-1-5-15-32-30;1-8(15)14-12-7-3-4-9-10(12)5-2-6-11(9)13/h2-3,6-13,16H,1,4-5,14-15H2,(H,27,31)(H,28,29);2-7H,13H2,1H3,(H,14,15). The number of benzene rings is 5. The number of rotatable bonds is 5. The number of imidazole rings is 1. The van der Waals surface area contributed by atoms with E-state index in [1.54, 1.807) is 12.1 Å². The number of nitrogen functional groups attached to an aromatic ring is 1. The quantitative estimate of drug-likeness (QED) is 0.108. The van der Waals surface area contributed by atoms with Gasteiger partial charge in [0.2, 0.25) is 5.91 Å². The molecule has 238 valence electrons. The summed E-state index contributed by atoms with van der Waals surface area (Å²) in [4.78, 5) is 31.8. The Morgan fingerprint density at radius 1 is 0.872 bits per heavy atom. The number of nitrogens with zero attached hydrogens (tertiary/aromatic N) is 2. The van der Waals surface area contributed by atoms with Gasteiger partial charge in [-0.25, -0.2) is 4.98 Å². The summed E-state index contributed by atoms with van der Waals surface area (Å²) in [6.07, 6.45) is 3.75. The second-order valence-corrected chi connectivity index (χ2v) is 12.7. The van der Waals surface area contributed by atoms with Gasteiger partial charge < -0.3 is 25.7 Å². The molecule has 2 heterocycles. The molecule has 0 saturated carbocycles. The van der Waals surface area contributed by atoms with Gasteiger partial charge in [0.1, 0.15) is 5.82 Å². The highest BCUT2D eigenvalue weighted by molar-refractivity contribution is 8.00. The molecule has 6 aromatic rings. The molecule has 1 saturated heterocycles. The second kappa shape index (κ2) is 14.6. The van der Waals surface area contributed by atoms with Gasteiger partial charge in [-0.1, -0.05) is 54.4 Å². The van der Waals surface area contributed by atoms with Crippen LogP contribution in [0.1, 0.15) is 36.5 Å². The van der Waals surface area contributed by atoms with Gasteiger partial charge in [0, 0.05) is 63.9 Å². The van der Waals surface area contributed by atoms with Crippen molar-refractivity contribution in [1.82, 2.24) is 9.97 Å². The number of hydrogen-bond donors (Lipinski definition) is 4. The highest BCUT2D eigenvalue weighted by atomic mass is 35.5. The first-order valence-corrected chi connectivity index (χ1v) is 16.8. The second-order valence-electron chi connectivity index (χ2n) is 11.2.